The smallest absolute Gasteiger partial charge is 0.416 e. The number of ether oxygens (including phenoxy) is 1. The first-order valence-electron chi connectivity index (χ1n) is 8.60. The van der Waals surface area contributed by atoms with Gasteiger partial charge in [-0.1, -0.05) is 18.2 Å². The second-order valence-electron chi connectivity index (χ2n) is 6.13. The van der Waals surface area contributed by atoms with Crippen LogP contribution >= 0.6 is 0 Å². The number of methoxy groups -OCH3 is 1. The summed E-state index contributed by atoms with van der Waals surface area (Å²) in [7, 11) is 1.53. The summed E-state index contributed by atoms with van der Waals surface area (Å²) < 4.78 is 43.7. The van der Waals surface area contributed by atoms with E-state index in [1.165, 1.54) is 31.5 Å². The van der Waals surface area contributed by atoms with Crippen molar-refractivity contribution in [1.82, 2.24) is 10.2 Å². The van der Waals surface area contributed by atoms with Crippen LogP contribution in [0.2, 0.25) is 0 Å². The van der Waals surface area contributed by atoms with Crippen molar-refractivity contribution in [3.8, 4) is 23.1 Å². The highest BCUT2D eigenvalue weighted by Crippen LogP contribution is 2.31. The van der Waals surface area contributed by atoms with Crippen LogP contribution in [0.5, 0.6) is 5.75 Å². The maximum Gasteiger partial charge on any atom is 0.416 e. The topological polar surface area (TPSA) is 90.8 Å². The van der Waals surface area contributed by atoms with E-state index >= 15 is 0 Å². The van der Waals surface area contributed by atoms with Crippen molar-refractivity contribution >= 4 is 17.7 Å². The van der Waals surface area contributed by atoms with Crippen LogP contribution in [0.1, 0.15) is 11.1 Å². The van der Waals surface area contributed by atoms with Crippen LogP contribution in [0.15, 0.2) is 60.3 Å². The Kier molecular flexibility index (Phi) is 5.88. The molecule has 0 aliphatic rings. The molecule has 0 aliphatic carbocycles. The maximum atomic E-state index is 12.8. The minimum atomic E-state index is -4.54. The fourth-order valence-electron chi connectivity index (χ4n) is 2.69. The first-order valence-corrected chi connectivity index (χ1v) is 8.60. The highest BCUT2D eigenvalue weighted by atomic mass is 19.4. The molecule has 0 fully saturated rings. The fraction of sp³-hybridized carbons (Fsp3) is 0.0952. The zero-order valence-electron chi connectivity index (χ0n) is 15.6. The van der Waals surface area contributed by atoms with Gasteiger partial charge < -0.3 is 10.1 Å². The van der Waals surface area contributed by atoms with E-state index in [0.29, 0.717) is 22.6 Å². The molecule has 6 nitrogen and oxygen atoms in total. The molecule has 9 heteroatoms. The number of nitrogens with zero attached hydrogens (tertiary/aromatic N) is 2. The molecule has 152 valence electrons. The highest BCUT2D eigenvalue weighted by Gasteiger charge is 2.30. The number of aromatic nitrogens is 2. The SMILES string of the molecule is COc1cccc(-c2[nH]ncc2C=C(C#N)C(=O)Nc2cccc(C(F)(F)F)c2)c1. The number of carbonyl (C=O) groups is 1. The molecular formula is C21H15F3N4O2. The molecule has 0 saturated heterocycles. The second kappa shape index (κ2) is 8.53. The Balaban J connectivity index is 1.88. The van der Waals surface area contributed by atoms with Crippen LogP contribution in [0.25, 0.3) is 17.3 Å². The summed E-state index contributed by atoms with van der Waals surface area (Å²) in [5.74, 6) is -0.227. The molecule has 1 amide bonds. The lowest BCUT2D eigenvalue weighted by Crippen LogP contribution is -2.14. The van der Waals surface area contributed by atoms with E-state index < -0.39 is 17.6 Å². The van der Waals surface area contributed by atoms with E-state index in [4.69, 9.17) is 4.74 Å². The third kappa shape index (κ3) is 4.67. The predicted octanol–water partition coefficient (Wildman–Crippen LogP) is 4.65. The average molecular weight is 412 g/mol. The van der Waals surface area contributed by atoms with Gasteiger partial charge in [-0.15, -0.1) is 0 Å². The summed E-state index contributed by atoms with van der Waals surface area (Å²) in [5, 5.41) is 18.5. The molecule has 2 N–H and O–H groups in total. The summed E-state index contributed by atoms with van der Waals surface area (Å²) >= 11 is 0. The largest absolute Gasteiger partial charge is 0.497 e. The van der Waals surface area contributed by atoms with Crippen LogP contribution < -0.4 is 10.1 Å². The number of hydrogen-bond donors (Lipinski definition) is 2. The van der Waals surface area contributed by atoms with Crippen LogP contribution in [0, 0.1) is 11.3 Å². The number of nitriles is 1. The number of hydrogen-bond acceptors (Lipinski definition) is 4. The van der Waals surface area contributed by atoms with Gasteiger partial charge in [0, 0.05) is 16.8 Å². The van der Waals surface area contributed by atoms with Crippen molar-refractivity contribution < 1.29 is 22.7 Å². The summed E-state index contributed by atoms with van der Waals surface area (Å²) in [6.07, 6.45) is -1.80. The van der Waals surface area contributed by atoms with Gasteiger partial charge in [-0.25, -0.2) is 0 Å². The molecule has 3 rings (SSSR count). The Morgan fingerprint density at radius 2 is 2.00 bits per heavy atom. The monoisotopic (exact) mass is 412 g/mol. The molecule has 3 aromatic rings. The van der Waals surface area contributed by atoms with Crippen molar-refractivity contribution in [2.24, 2.45) is 0 Å². The van der Waals surface area contributed by atoms with Crippen molar-refractivity contribution in [2.75, 3.05) is 12.4 Å². The van der Waals surface area contributed by atoms with Gasteiger partial charge in [0.25, 0.3) is 5.91 Å². The molecule has 0 atom stereocenters. The lowest BCUT2D eigenvalue weighted by atomic mass is 10.1. The van der Waals surface area contributed by atoms with E-state index in [1.54, 1.807) is 30.3 Å². The summed E-state index contributed by atoms with van der Waals surface area (Å²) in [5.41, 5.74) is 0.452. The van der Waals surface area contributed by atoms with Gasteiger partial charge in [-0.3, -0.25) is 9.89 Å². The molecule has 1 aromatic heterocycles. The zero-order valence-corrected chi connectivity index (χ0v) is 15.6. The molecule has 0 saturated carbocycles. The van der Waals surface area contributed by atoms with Crippen molar-refractivity contribution in [1.29, 1.82) is 5.26 Å². The van der Waals surface area contributed by atoms with Crippen molar-refractivity contribution in [3.63, 3.8) is 0 Å². The third-order valence-corrected chi connectivity index (χ3v) is 4.14. The number of nitrogens with one attached hydrogen (secondary N) is 2. The average Bonchev–Trinajstić information content (AvgIpc) is 3.19. The van der Waals surface area contributed by atoms with E-state index in [-0.39, 0.29) is 11.3 Å². The Labute approximate surface area is 169 Å². The number of benzene rings is 2. The van der Waals surface area contributed by atoms with Gasteiger partial charge in [0.2, 0.25) is 0 Å². The highest BCUT2D eigenvalue weighted by molar-refractivity contribution is 6.10. The van der Waals surface area contributed by atoms with Crippen molar-refractivity contribution in [2.45, 2.75) is 6.18 Å². The first kappa shape index (κ1) is 20.7. The molecule has 0 bridgehead atoms. The fourth-order valence-corrected chi connectivity index (χ4v) is 2.69. The first-order chi connectivity index (χ1) is 14.3. The molecule has 0 unspecified atom stereocenters. The minimum Gasteiger partial charge on any atom is -0.497 e. The molecule has 0 aliphatic heterocycles. The lowest BCUT2D eigenvalue weighted by molar-refractivity contribution is -0.137. The van der Waals surface area contributed by atoms with Gasteiger partial charge in [-0.2, -0.15) is 23.5 Å². The molecule has 1 heterocycles. The Hall–Kier alpha value is -4.06. The molecular weight excluding hydrogens is 397 g/mol. The van der Waals surface area contributed by atoms with Crippen LogP contribution in [0.3, 0.4) is 0 Å². The minimum absolute atomic E-state index is 0.0730. The van der Waals surface area contributed by atoms with E-state index in [1.807, 2.05) is 0 Å². The van der Waals surface area contributed by atoms with E-state index in [0.717, 1.165) is 12.1 Å². The van der Waals surface area contributed by atoms with Crippen LogP contribution in [0.4, 0.5) is 18.9 Å². The number of rotatable bonds is 5. The standard InChI is InChI=1S/C21H15F3N4O2/c1-30-18-7-2-4-13(9-18)19-15(12-26-28-19)8-14(11-25)20(29)27-17-6-3-5-16(10-17)21(22,23)24/h2-10,12H,1H3,(H,26,28)(H,27,29). The van der Waals surface area contributed by atoms with E-state index in [9.17, 15) is 23.2 Å². The maximum absolute atomic E-state index is 12.8. The summed E-state index contributed by atoms with van der Waals surface area (Å²) in [4.78, 5) is 12.4. The summed E-state index contributed by atoms with van der Waals surface area (Å²) in [6, 6.07) is 13.0. The van der Waals surface area contributed by atoms with Gasteiger partial charge in [0.05, 0.1) is 24.6 Å². The molecule has 0 radical (unpaired) electrons. The lowest BCUT2D eigenvalue weighted by Gasteiger charge is -2.09. The number of alkyl halides is 3. The third-order valence-electron chi connectivity index (χ3n) is 4.14. The number of carbonyl (C=O) groups excluding carboxylic acids is 1. The van der Waals surface area contributed by atoms with Crippen LogP contribution in [-0.2, 0) is 11.0 Å². The van der Waals surface area contributed by atoms with Crippen LogP contribution in [-0.4, -0.2) is 23.2 Å². The molecule has 30 heavy (non-hydrogen) atoms. The van der Waals surface area contributed by atoms with Gasteiger partial charge in [0.1, 0.15) is 17.4 Å². The normalized spacial score (nSPS) is 11.6. The van der Waals surface area contributed by atoms with E-state index in [2.05, 4.69) is 15.5 Å². The Morgan fingerprint density at radius 3 is 2.70 bits per heavy atom. The van der Waals surface area contributed by atoms with Gasteiger partial charge in [-0.05, 0) is 36.4 Å². The second-order valence-corrected chi connectivity index (χ2v) is 6.13. The number of halogens is 3. The predicted molar refractivity (Wildman–Crippen MR) is 104 cm³/mol. The Bertz CT molecular complexity index is 1140. The number of aromatic amines is 1. The number of H-pyrrole nitrogens is 1. The zero-order chi connectivity index (χ0) is 21.7. The quantitative estimate of drug-likeness (QED) is 0.471. The summed E-state index contributed by atoms with van der Waals surface area (Å²) in [6.45, 7) is 0. The van der Waals surface area contributed by atoms with Gasteiger partial charge >= 0.3 is 6.18 Å². The number of amides is 1. The Morgan fingerprint density at radius 1 is 1.23 bits per heavy atom. The molecule has 0 spiro atoms. The number of anilines is 1. The van der Waals surface area contributed by atoms with Gasteiger partial charge in [0.15, 0.2) is 0 Å². The molecule has 2 aromatic carbocycles. The van der Waals surface area contributed by atoms with Crippen molar-refractivity contribution in [3.05, 3.63) is 71.4 Å².